The predicted octanol–water partition coefficient (Wildman–Crippen LogP) is 3.71. The molecule has 1 N–H and O–H groups in total. The van der Waals surface area contributed by atoms with Gasteiger partial charge in [0.1, 0.15) is 23.3 Å². The van der Waals surface area contributed by atoms with Crippen LogP contribution in [0.3, 0.4) is 0 Å². The molecule has 1 unspecified atom stereocenters. The summed E-state index contributed by atoms with van der Waals surface area (Å²) in [6.07, 6.45) is 2.15. The Labute approximate surface area is 180 Å². The van der Waals surface area contributed by atoms with Crippen LogP contribution in [0.2, 0.25) is 5.02 Å². The van der Waals surface area contributed by atoms with Crippen molar-refractivity contribution in [2.45, 2.75) is 19.4 Å². The lowest BCUT2D eigenvalue weighted by molar-refractivity contribution is -0.140. The van der Waals surface area contributed by atoms with E-state index in [0.29, 0.717) is 41.7 Å². The number of hydrogen-bond acceptors (Lipinski definition) is 6. The number of amides is 1. The van der Waals surface area contributed by atoms with Crippen molar-refractivity contribution in [2.24, 2.45) is 0 Å². The zero-order chi connectivity index (χ0) is 21.8. The Kier molecular flexibility index (Phi) is 6.84. The lowest BCUT2D eigenvalue weighted by Crippen LogP contribution is -2.32. The van der Waals surface area contributed by atoms with Crippen LogP contribution in [0.25, 0.3) is 5.76 Å². The number of carbonyl (C=O) groups is 2. The van der Waals surface area contributed by atoms with Crippen molar-refractivity contribution < 1.29 is 23.8 Å². The molecule has 1 saturated heterocycles. The highest BCUT2D eigenvalue weighted by molar-refractivity contribution is 6.46. The highest BCUT2D eigenvalue weighted by Gasteiger charge is 2.47. The minimum absolute atomic E-state index is 0.0139. The molecule has 3 rings (SSSR count). The van der Waals surface area contributed by atoms with E-state index in [9.17, 15) is 14.7 Å². The topological polar surface area (TPSA) is 83.2 Å². The normalized spacial score (nSPS) is 18.4. The number of halogens is 1. The molecule has 1 atom stereocenters. The Balaban J connectivity index is 2.03. The van der Waals surface area contributed by atoms with Gasteiger partial charge in [-0.1, -0.05) is 11.6 Å². The van der Waals surface area contributed by atoms with Gasteiger partial charge in [0.2, 0.25) is 0 Å². The highest BCUT2D eigenvalue weighted by atomic mass is 35.5. The second-order valence-corrected chi connectivity index (χ2v) is 7.65. The fraction of sp³-hybridized carbons (Fsp3) is 0.364. The standard InChI is InChI=1S/C22H25ClN2O5/c1-4-29-16-9-8-14(13-15(16)23)20(26)18-19(17-7-5-12-30-17)25(22(28)21(18)27)11-6-10-24(2)3/h5,7-9,12-13,19,26H,4,6,10-11H2,1-3H3/b20-18-. The molecule has 1 aliphatic heterocycles. The minimum Gasteiger partial charge on any atom is -0.507 e. The number of hydrogen-bond donors (Lipinski definition) is 1. The van der Waals surface area contributed by atoms with E-state index in [-0.39, 0.29) is 11.3 Å². The van der Waals surface area contributed by atoms with E-state index in [1.807, 2.05) is 25.9 Å². The number of furan rings is 1. The van der Waals surface area contributed by atoms with Gasteiger partial charge in [0, 0.05) is 12.1 Å². The summed E-state index contributed by atoms with van der Waals surface area (Å²) in [4.78, 5) is 29.1. The van der Waals surface area contributed by atoms with E-state index < -0.39 is 17.7 Å². The first-order valence-corrected chi connectivity index (χ1v) is 10.1. The fourth-order valence-electron chi connectivity index (χ4n) is 3.49. The van der Waals surface area contributed by atoms with Gasteiger partial charge in [0.25, 0.3) is 11.7 Å². The van der Waals surface area contributed by atoms with Crippen LogP contribution in [0.15, 0.2) is 46.6 Å². The van der Waals surface area contributed by atoms with Gasteiger partial charge in [0.05, 0.1) is 23.5 Å². The zero-order valence-electron chi connectivity index (χ0n) is 17.2. The first-order chi connectivity index (χ1) is 14.3. The zero-order valence-corrected chi connectivity index (χ0v) is 18.0. The van der Waals surface area contributed by atoms with E-state index in [0.717, 1.165) is 6.54 Å². The van der Waals surface area contributed by atoms with Gasteiger partial charge in [-0.3, -0.25) is 9.59 Å². The molecule has 0 spiro atoms. The minimum atomic E-state index is -0.799. The van der Waals surface area contributed by atoms with E-state index >= 15 is 0 Å². The number of ketones is 1. The maximum absolute atomic E-state index is 12.9. The van der Waals surface area contributed by atoms with Gasteiger partial charge >= 0.3 is 0 Å². The third kappa shape index (κ3) is 4.37. The van der Waals surface area contributed by atoms with Gasteiger partial charge in [0.15, 0.2) is 0 Å². The third-order valence-electron chi connectivity index (χ3n) is 4.86. The third-order valence-corrected chi connectivity index (χ3v) is 5.16. The average Bonchev–Trinajstić information content (AvgIpc) is 3.31. The monoisotopic (exact) mass is 432 g/mol. The van der Waals surface area contributed by atoms with Gasteiger partial charge in [-0.25, -0.2) is 0 Å². The molecule has 30 heavy (non-hydrogen) atoms. The molecule has 2 heterocycles. The van der Waals surface area contributed by atoms with Gasteiger partial charge in [-0.2, -0.15) is 0 Å². The second kappa shape index (κ2) is 9.36. The average molecular weight is 433 g/mol. The molecule has 1 aromatic heterocycles. The van der Waals surface area contributed by atoms with Crippen LogP contribution in [-0.2, 0) is 9.59 Å². The van der Waals surface area contributed by atoms with Crippen molar-refractivity contribution in [3.8, 4) is 5.75 Å². The molecule has 0 radical (unpaired) electrons. The van der Waals surface area contributed by atoms with E-state index in [1.165, 1.54) is 17.2 Å². The first-order valence-electron chi connectivity index (χ1n) is 9.74. The maximum Gasteiger partial charge on any atom is 0.295 e. The van der Waals surface area contributed by atoms with Crippen LogP contribution in [-0.4, -0.2) is 60.4 Å². The lowest BCUT2D eigenvalue weighted by Gasteiger charge is -2.24. The maximum atomic E-state index is 12.9. The molecular formula is C22H25ClN2O5. The largest absolute Gasteiger partial charge is 0.507 e. The summed E-state index contributed by atoms with van der Waals surface area (Å²) in [5, 5.41) is 11.3. The molecule has 1 aromatic carbocycles. The number of Topliss-reactive ketones (excluding diaryl/α,β-unsaturated/α-hetero) is 1. The highest BCUT2D eigenvalue weighted by Crippen LogP contribution is 2.40. The number of aliphatic hydroxyl groups is 1. The quantitative estimate of drug-likeness (QED) is 0.389. The Morgan fingerprint density at radius 1 is 1.30 bits per heavy atom. The number of likely N-dealkylation sites (tertiary alicyclic amines) is 1. The number of ether oxygens (including phenoxy) is 1. The molecule has 160 valence electrons. The lowest BCUT2D eigenvalue weighted by atomic mass is 9.99. The Bertz CT molecular complexity index is 952. The Morgan fingerprint density at radius 2 is 2.07 bits per heavy atom. The van der Waals surface area contributed by atoms with E-state index in [1.54, 1.807) is 24.3 Å². The summed E-state index contributed by atoms with van der Waals surface area (Å²) in [7, 11) is 3.88. The summed E-state index contributed by atoms with van der Waals surface area (Å²) in [6.45, 7) is 3.39. The second-order valence-electron chi connectivity index (χ2n) is 7.24. The number of benzene rings is 1. The molecule has 1 aliphatic rings. The van der Waals surface area contributed by atoms with E-state index in [2.05, 4.69) is 0 Å². The number of carbonyl (C=O) groups excluding carboxylic acids is 2. The number of aliphatic hydroxyl groups excluding tert-OH is 1. The first kappa shape index (κ1) is 21.9. The fourth-order valence-corrected chi connectivity index (χ4v) is 3.72. The number of nitrogens with zero attached hydrogens (tertiary/aromatic N) is 2. The van der Waals surface area contributed by atoms with E-state index in [4.69, 9.17) is 20.8 Å². The predicted molar refractivity (Wildman–Crippen MR) is 114 cm³/mol. The molecule has 0 bridgehead atoms. The molecule has 0 aliphatic carbocycles. The molecule has 1 fully saturated rings. The Hall–Kier alpha value is -2.77. The summed E-state index contributed by atoms with van der Waals surface area (Å²) < 4.78 is 10.9. The van der Waals surface area contributed by atoms with Crippen LogP contribution in [0, 0.1) is 0 Å². The molecular weight excluding hydrogens is 408 g/mol. The van der Waals surface area contributed by atoms with Crippen LogP contribution >= 0.6 is 11.6 Å². The van der Waals surface area contributed by atoms with Crippen LogP contribution < -0.4 is 4.74 Å². The van der Waals surface area contributed by atoms with Crippen LogP contribution in [0.5, 0.6) is 5.75 Å². The van der Waals surface area contributed by atoms with Gasteiger partial charge in [-0.05, 0) is 64.3 Å². The number of rotatable bonds is 8. The van der Waals surface area contributed by atoms with Gasteiger partial charge < -0.3 is 24.1 Å². The SMILES string of the molecule is CCOc1ccc(/C(O)=C2/C(=O)C(=O)N(CCCN(C)C)C2c2ccco2)cc1Cl. The van der Waals surface area contributed by atoms with Crippen molar-refractivity contribution in [1.29, 1.82) is 0 Å². The Morgan fingerprint density at radius 3 is 2.67 bits per heavy atom. The summed E-state index contributed by atoms with van der Waals surface area (Å²) >= 11 is 6.24. The van der Waals surface area contributed by atoms with Crippen molar-refractivity contribution >= 4 is 29.1 Å². The van der Waals surface area contributed by atoms with Crippen molar-refractivity contribution in [3.63, 3.8) is 0 Å². The van der Waals surface area contributed by atoms with Crippen molar-refractivity contribution in [1.82, 2.24) is 9.80 Å². The summed E-state index contributed by atoms with van der Waals surface area (Å²) in [6, 6.07) is 7.31. The van der Waals surface area contributed by atoms with Crippen molar-refractivity contribution in [3.05, 3.63) is 58.5 Å². The smallest absolute Gasteiger partial charge is 0.295 e. The van der Waals surface area contributed by atoms with Crippen LogP contribution in [0.1, 0.15) is 30.7 Å². The summed E-state index contributed by atoms with van der Waals surface area (Å²) in [5.74, 6) is -0.813. The molecule has 8 heteroatoms. The molecule has 2 aromatic rings. The molecule has 1 amide bonds. The van der Waals surface area contributed by atoms with Crippen LogP contribution in [0.4, 0.5) is 0 Å². The van der Waals surface area contributed by atoms with Gasteiger partial charge in [-0.15, -0.1) is 0 Å². The molecule has 7 nitrogen and oxygen atoms in total. The molecule has 0 saturated carbocycles. The van der Waals surface area contributed by atoms with Crippen molar-refractivity contribution in [2.75, 3.05) is 33.8 Å². The summed E-state index contributed by atoms with van der Waals surface area (Å²) in [5.41, 5.74) is 0.311.